The molecule has 0 saturated heterocycles. The second-order valence-electron chi connectivity index (χ2n) is 19.8. The highest BCUT2D eigenvalue weighted by Gasteiger charge is 2.34. The van der Waals surface area contributed by atoms with Gasteiger partial charge in [-0.25, -0.2) is 4.98 Å². The Bertz CT molecular complexity index is 3000. The molecular weight excluding hydrogens is 790 g/mol. The Morgan fingerprint density at radius 1 is 0.508 bits per heavy atom. The Balaban J connectivity index is 1.11. The summed E-state index contributed by atoms with van der Waals surface area (Å²) in [6, 6.07) is 45.0. The molecule has 9 rings (SSSR count). The molecule has 320 valence electrons. The molecule has 0 unspecified atom stereocenters. The summed E-state index contributed by atoms with van der Waals surface area (Å²) in [5.41, 5.74) is 9.58. The van der Waals surface area contributed by atoms with Crippen molar-refractivity contribution in [1.82, 2.24) is 9.55 Å². The van der Waals surface area contributed by atoms with Crippen LogP contribution in [-0.2, 0) is 22.4 Å². The van der Waals surface area contributed by atoms with Gasteiger partial charge >= 0.3 is 6.18 Å². The minimum absolute atomic E-state index is 0.0171. The molecule has 0 N–H and O–H groups in total. The molecule has 63 heavy (non-hydrogen) atoms. The van der Waals surface area contributed by atoms with E-state index in [-0.39, 0.29) is 21.8 Å². The van der Waals surface area contributed by atoms with Crippen LogP contribution in [0.1, 0.15) is 84.6 Å². The van der Waals surface area contributed by atoms with E-state index in [1.807, 2.05) is 54.7 Å². The van der Waals surface area contributed by atoms with Crippen LogP contribution in [0.25, 0.3) is 38.8 Å². The van der Waals surface area contributed by atoms with E-state index in [1.165, 1.54) is 23.3 Å². The summed E-state index contributed by atoms with van der Waals surface area (Å²) in [4.78, 5) is 9.56. The summed E-state index contributed by atoms with van der Waals surface area (Å²) in [7, 11) is 0. The van der Waals surface area contributed by atoms with Gasteiger partial charge in [0.2, 0.25) is 0 Å². The smallest absolute Gasteiger partial charge is 0.417 e. The number of halogens is 3. The number of anilines is 4. The molecule has 8 heteroatoms. The first-order chi connectivity index (χ1) is 29.7. The van der Waals surface area contributed by atoms with Crippen molar-refractivity contribution >= 4 is 44.6 Å². The van der Waals surface area contributed by atoms with Gasteiger partial charge in [0.15, 0.2) is 0 Å². The summed E-state index contributed by atoms with van der Waals surface area (Å²) in [5.74, 6) is 2.01. The van der Waals surface area contributed by atoms with E-state index in [1.54, 1.807) is 12.1 Å². The number of ether oxygens (including phenoxy) is 1. The monoisotopic (exact) mass is 842 g/mol. The number of alkyl halides is 3. The van der Waals surface area contributed by atoms with Crippen molar-refractivity contribution in [3.63, 3.8) is 0 Å². The standard InChI is InChI=1S/C55H53F3N4O/c1-52(2,3)36-25-26-59-51(31-36)62-47-24-21-35(43-17-10-11-18-46(43)55(56,57)58)27-45(47)44-23-22-42(33-50(44)62)63-41-16-14-15-39(32-41)60-34-61(49-20-13-12-19-48(49)60)40-29-37(53(4,5)6)28-38(30-40)54(7,8)9/h10-33H,34H2,1-9H3. The highest BCUT2D eigenvalue weighted by atomic mass is 19.4. The van der Waals surface area contributed by atoms with Gasteiger partial charge in [-0.05, 0) is 123 Å². The van der Waals surface area contributed by atoms with Crippen molar-refractivity contribution < 1.29 is 17.9 Å². The summed E-state index contributed by atoms with van der Waals surface area (Å²) in [5, 5.41) is 1.69. The number of rotatable bonds is 6. The molecule has 0 amide bonds. The maximum Gasteiger partial charge on any atom is 0.417 e. The second kappa shape index (κ2) is 15.1. The number of pyridine rings is 1. The van der Waals surface area contributed by atoms with Crippen LogP contribution in [0.3, 0.4) is 0 Å². The third-order valence-electron chi connectivity index (χ3n) is 12.2. The fraction of sp³-hybridized carbons (Fsp3) is 0.255. The van der Waals surface area contributed by atoms with Gasteiger partial charge in [-0.1, -0.05) is 111 Å². The van der Waals surface area contributed by atoms with Crippen LogP contribution in [0.15, 0.2) is 146 Å². The molecule has 0 saturated carbocycles. The van der Waals surface area contributed by atoms with Crippen LogP contribution in [0.4, 0.5) is 35.9 Å². The number of nitrogens with zero attached hydrogens (tertiary/aromatic N) is 4. The molecule has 0 radical (unpaired) electrons. The van der Waals surface area contributed by atoms with Crippen molar-refractivity contribution in [2.45, 2.75) is 84.7 Å². The van der Waals surface area contributed by atoms with Crippen LogP contribution in [0, 0.1) is 0 Å². The number of para-hydroxylation sites is 2. The lowest BCUT2D eigenvalue weighted by molar-refractivity contribution is -0.137. The Labute approximate surface area is 368 Å². The van der Waals surface area contributed by atoms with Crippen molar-refractivity contribution in [2.24, 2.45) is 0 Å². The fourth-order valence-corrected chi connectivity index (χ4v) is 8.61. The van der Waals surface area contributed by atoms with Crippen LogP contribution in [0.5, 0.6) is 11.5 Å². The Hall–Kier alpha value is -6.54. The van der Waals surface area contributed by atoms with E-state index in [2.05, 4.69) is 137 Å². The molecule has 3 heterocycles. The van der Waals surface area contributed by atoms with Gasteiger partial charge in [-0.3, -0.25) is 4.57 Å². The van der Waals surface area contributed by atoms with Gasteiger partial charge in [0, 0.05) is 40.5 Å². The molecule has 1 aliphatic heterocycles. The van der Waals surface area contributed by atoms with E-state index >= 15 is 0 Å². The summed E-state index contributed by atoms with van der Waals surface area (Å²) >= 11 is 0. The molecule has 0 atom stereocenters. The van der Waals surface area contributed by atoms with Crippen LogP contribution < -0.4 is 14.5 Å². The second-order valence-corrected chi connectivity index (χ2v) is 19.8. The van der Waals surface area contributed by atoms with Gasteiger partial charge in [-0.15, -0.1) is 0 Å². The lowest BCUT2D eigenvalue weighted by Gasteiger charge is -2.29. The van der Waals surface area contributed by atoms with Crippen molar-refractivity contribution in [1.29, 1.82) is 0 Å². The van der Waals surface area contributed by atoms with Crippen molar-refractivity contribution in [2.75, 3.05) is 16.5 Å². The number of hydrogen-bond donors (Lipinski definition) is 0. The quantitative estimate of drug-likeness (QED) is 0.167. The first-order valence-electron chi connectivity index (χ1n) is 21.5. The Morgan fingerprint density at radius 3 is 1.81 bits per heavy atom. The zero-order valence-corrected chi connectivity index (χ0v) is 37.4. The van der Waals surface area contributed by atoms with Crippen LogP contribution >= 0.6 is 0 Å². The van der Waals surface area contributed by atoms with Crippen LogP contribution in [-0.4, -0.2) is 16.2 Å². The van der Waals surface area contributed by atoms with Crippen LogP contribution in [0.2, 0.25) is 0 Å². The molecule has 0 bridgehead atoms. The number of hydrogen-bond acceptors (Lipinski definition) is 4. The van der Waals surface area contributed by atoms with Gasteiger partial charge in [-0.2, -0.15) is 13.2 Å². The lowest BCUT2D eigenvalue weighted by Crippen LogP contribution is -2.25. The average Bonchev–Trinajstić information content (AvgIpc) is 3.78. The lowest BCUT2D eigenvalue weighted by atomic mass is 9.80. The summed E-state index contributed by atoms with van der Waals surface area (Å²) in [6.45, 7) is 20.7. The van der Waals surface area contributed by atoms with Gasteiger partial charge in [0.05, 0.1) is 28.0 Å². The molecule has 0 aliphatic carbocycles. The highest BCUT2D eigenvalue weighted by Crippen LogP contribution is 2.47. The zero-order valence-electron chi connectivity index (χ0n) is 37.4. The van der Waals surface area contributed by atoms with Crippen molar-refractivity contribution in [3.05, 3.63) is 168 Å². The largest absolute Gasteiger partial charge is 0.457 e. The average molecular weight is 843 g/mol. The van der Waals surface area contributed by atoms with Gasteiger partial charge in [0.25, 0.3) is 0 Å². The molecule has 2 aromatic heterocycles. The first kappa shape index (κ1) is 41.8. The molecule has 0 fully saturated rings. The van der Waals surface area contributed by atoms with E-state index < -0.39 is 11.7 Å². The van der Waals surface area contributed by atoms with Crippen molar-refractivity contribution in [3.8, 4) is 28.4 Å². The molecule has 5 nitrogen and oxygen atoms in total. The molecule has 1 aliphatic rings. The third kappa shape index (κ3) is 7.92. The van der Waals surface area contributed by atoms with Gasteiger partial charge < -0.3 is 14.5 Å². The topological polar surface area (TPSA) is 33.5 Å². The number of benzene rings is 6. The first-order valence-corrected chi connectivity index (χ1v) is 21.5. The zero-order chi connectivity index (χ0) is 44.6. The maximum absolute atomic E-state index is 14.2. The molecule has 6 aromatic carbocycles. The minimum atomic E-state index is -4.49. The SMILES string of the molecule is CC(C)(C)c1cc(N2CN(c3cccc(Oc4ccc5c6cc(-c7ccccc7C(F)(F)F)ccc6n(-c6cc(C(C)(C)C)ccn6)c5c4)c3)c3ccccc32)cc(C(C)(C)C)c1. The van der Waals surface area contributed by atoms with E-state index in [4.69, 9.17) is 9.72 Å². The summed E-state index contributed by atoms with van der Waals surface area (Å²) in [6.07, 6.45) is -2.68. The molecule has 0 spiro atoms. The predicted octanol–water partition coefficient (Wildman–Crippen LogP) is 15.8. The third-order valence-corrected chi connectivity index (χ3v) is 12.2. The summed E-state index contributed by atoms with van der Waals surface area (Å²) < 4.78 is 51.4. The minimum Gasteiger partial charge on any atom is -0.457 e. The van der Waals surface area contributed by atoms with E-state index in [9.17, 15) is 13.2 Å². The Kier molecular flexibility index (Phi) is 10.0. The maximum atomic E-state index is 14.2. The van der Waals surface area contributed by atoms with E-state index in [0.29, 0.717) is 29.5 Å². The van der Waals surface area contributed by atoms with Gasteiger partial charge in [0.1, 0.15) is 24.0 Å². The number of fused-ring (bicyclic) bond motifs is 4. The Morgan fingerprint density at radius 2 is 1.14 bits per heavy atom. The normalized spacial score (nSPS) is 13.6. The highest BCUT2D eigenvalue weighted by molar-refractivity contribution is 6.10. The van der Waals surface area contributed by atoms with E-state index in [0.717, 1.165) is 56.2 Å². The molecule has 8 aromatic rings. The predicted molar refractivity (Wildman–Crippen MR) is 254 cm³/mol. The fourth-order valence-electron chi connectivity index (χ4n) is 8.61. The number of aromatic nitrogens is 2. The molecular formula is C55H53F3N4O.